The van der Waals surface area contributed by atoms with Crippen LogP contribution in [-0.2, 0) is 9.59 Å². The maximum Gasteiger partial charge on any atom is 0.324 e. The Morgan fingerprint density at radius 1 is 1.08 bits per heavy atom. The van der Waals surface area contributed by atoms with Crippen LogP contribution in [0.1, 0.15) is 94.3 Å². The second kappa shape index (κ2) is 14.9. The molecule has 2 aliphatic carbocycles. The number of nitrogens with one attached hydrogen (secondary N) is 2. The Kier molecular flexibility index (Phi) is 10.6. The zero-order valence-electron chi connectivity index (χ0n) is 29.1. The van der Waals surface area contributed by atoms with Crippen LogP contribution in [0.3, 0.4) is 0 Å². The molecule has 2 aromatic rings. The number of carbonyl (C=O) groups is 3. The number of piperidine rings is 1. The highest BCUT2D eigenvalue weighted by Crippen LogP contribution is 2.40. The van der Waals surface area contributed by atoms with Gasteiger partial charge in [0.05, 0.1) is 19.0 Å². The molecule has 6 rings (SSSR count). The number of amides is 2. The Morgan fingerprint density at radius 2 is 1.78 bits per heavy atom. The summed E-state index contributed by atoms with van der Waals surface area (Å²) in [4.78, 5) is 54.2. The quantitative estimate of drug-likeness (QED) is 0.253. The average Bonchev–Trinajstić information content (AvgIpc) is 3.85. The number of anilines is 4. The molecule has 3 heterocycles. The second-order valence-corrected chi connectivity index (χ2v) is 14.3. The number of likely N-dealkylation sites (tertiary alicyclic amines) is 1. The molecular formula is C36H52N8O5. The lowest BCUT2D eigenvalue weighted by Gasteiger charge is -2.43. The summed E-state index contributed by atoms with van der Waals surface area (Å²) in [6.07, 6.45) is 12.7. The van der Waals surface area contributed by atoms with Crippen LogP contribution in [0.4, 0.5) is 23.1 Å². The zero-order chi connectivity index (χ0) is 34.7. The van der Waals surface area contributed by atoms with E-state index in [9.17, 15) is 19.5 Å². The molecule has 2 amide bonds. The number of carboxylic acid groups (broad SMARTS) is 1. The lowest BCUT2D eigenvalue weighted by atomic mass is 9.80. The highest BCUT2D eigenvalue weighted by Gasteiger charge is 2.44. The van der Waals surface area contributed by atoms with E-state index in [4.69, 9.17) is 15.5 Å². The lowest BCUT2D eigenvalue weighted by Crippen LogP contribution is -2.55. The summed E-state index contributed by atoms with van der Waals surface area (Å²) in [5, 5.41) is 16.4. The first kappa shape index (κ1) is 34.9. The highest BCUT2D eigenvalue weighted by molar-refractivity contribution is 6.04. The van der Waals surface area contributed by atoms with Gasteiger partial charge in [0.2, 0.25) is 11.9 Å². The van der Waals surface area contributed by atoms with Crippen molar-refractivity contribution in [1.29, 1.82) is 0 Å². The molecule has 2 aliphatic heterocycles. The molecule has 4 aliphatic rings. The Bertz CT molecular complexity index is 1520. The number of fused-ring (bicyclic) bond motifs is 1. The number of methoxy groups -OCH3 is 1. The van der Waals surface area contributed by atoms with Crippen LogP contribution in [0.5, 0.6) is 5.75 Å². The third-order valence-electron chi connectivity index (χ3n) is 11.4. The number of nitrogens with two attached hydrogens (primary N) is 1. The largest absolute Gasteiger partial charge is 0.495 e. The third kappa shape index (κ3) is 7.19. The van der Waals surface area contributed by atoms with E-state index in [0.717, 1.165) is 83.1 Å². The summed E-state index contributed by atoms with van der Waals surface area (Å²) < 4.78 is 5.68. The predicted octanol–water partition coefficient (Wildman–Crippen LogP) is 4.29. The summed E-state index contributed by atoms with van der Waals surface area (Å²) >= 11 is 0. The van der Waals surface area contributed by atoms with Crippen LogP contribution in [-0.4, -0.2) is 95.2 Å². The van der Waals surface area contributed by atoms with E-state index in [0.29, 0.717) is 48.0 Å². The highest BCUT2D eigenvalue weighted by atomic mass is 16.5. The SMILES string of the molecule is CC[C@@H]1C(=O)N(C)c2cnc(Nc3ccc(C(=O)NC4CCN(CC[C@](N)(C(=O)O)C5CCCC5)CC4)cc3OC)nc2N1C1CCCC1. The van der Waals surface area contributed by atoms with Crippen LogP contribution >= 0.6 is 0 Å². The van der Waals surface area contributed by atoms with Gasteiger partial charge in [-0.2, -0.15) is 4.98 Å². The molecular weight excluding hydrogens is 624 g/mol. The number of carbonyl (C=O) groups excluding carboxylic acids is 2. The Balaban J connectivity index is 1.07. The zero-order valence-corrected chi connectivity index (χ0v) is 29.1. The maximum absolute atomic E-state index is 13.3. The number of likely N-dealkylation sites (N-methyl/N-ethyl adjacent to an activating group) is 1. The fraction of sp³-hybridized carbons (Fsp3) is 0.639. The van der Waals surface area contributed by atoms with Crippen molar-refractivity contribution in [3.63, 3.8) is 0 Å². The van der Waals surface area contributed by atoms with Gasteiger partial charge in [-0.05, 0) is 75.5 Å². The van der Waals surface area contributed by atoms with Crippen molar-refractivity contribution in [3.8, 4) is 5.75 Å². The number of rotatable bonds is 12. The van der Waals surface area contributed by atoms with E-state index < -0.39 is 11.5 Å². The van der Waals surface area contributed by atoms with E-state index in [-0.39, 0.29) is 35.9 Å². The molecule has 3 fully saturated rings. The number of hydrogen-bond donors (Lipinski definition) is 4. The fourth-order valence-corrected chi connectivity index (χ4v) is 8.34. The number of aromatic nitrogens is 2. The summed E-state index contributed by atoms with van der Waals surface area (Å²) in [6, 6.07) is 5.30. The van der Waals surface area contributed by atoms with Gasteiger partial charge in [-0.3, -0.25) is 14.4 Å². The van der Waals surface area contributed by atoms with Crippen LogP contribution < -0.4 is 30.9 Å². The summed E-state index contributed by atoms with van der Waals surface area (Å²) in [5.74, 6) is 0.682. The molecule has 0 bridgehead atoms. The first-order valence-electron chi connectivity index (χ1n) is 18.1. The Labute approximate surface area is 289 Å². The van der Waals surface area contributed by atoms with Crippen molar-refractivity contribution in [1.82, 2.24) is 20.2 Å². The molecule has 13 nitrogen and oxygen atoms in total. The van der Waals surface area contributed by atoms with Gasteiger partial charge in [0, 0.05) is 44.3 Å². The minimum Gasteiger partial charge on any atom is -0.495 e. The van der Waals surface area contributed by atoms with Gasteiger partial charge >= 0.3 is 5.97 Å². The predicted molar refractivity (Wildman–Crippen MR) is 189 cm³/mol. The molecule has 0 radical (unpaired) electrons. The van der Waals surface area contributed by atoms with Gasteiger partial charge in [-0.15, -0.1) is 0 Å². The van der Waals surface area contributed by atoms with E-state index in [1.807, 2.05) is 6.92 Å². The Morgan fingerprint density at radius 3 is 2.43 bits per heavy atom. The number of aliphatic carboxylic acids is 1. The molecule has 266 valence electrons. The van der Waals surface area contributed by atoms with Crippen molar-refractivity contribution < 1.29 is 24.2 Å². The van der Waals surface area contributed by atoms with Crippen molar-refractivity contribution >= 4 is 40.9 Å². The van der Waals surface area contributed by atoms with Gasteiger partial charge in [-0.1, -0.05) is 32.6 Å². The van der Waals surface area contributed by atoms with Crippen molar-refractivity contribution in [2.45, 2.75) is 108 Å². The molecule has 13 heteroatoms. The van der Waals surface area contributed by atoms with E-state index in [2.05, 4.69) is 25.4 Å². The topological polar surface area (TPSA) is 166 Å². The second-order valence-electron chi connectivity index (χ2n) is 14.3. The van der Waals surface area contributed by atoms with Crippen LogP contribution in [0.25, 0.3) is 0 Å². The van der Waals surface area contributed by atoms with E-state index in [1.165, 1.54) is 0 Å². The summed E-state index contributed by atoms with van der Waals surface area (Å²) in [5.41, 5.74) is 7.10. The molecule has 5 N–H and O–H groups in total. The smallest absolute Gasteiger partial charge is 0.324 e. The first-order chi connectivity index (χ1) is 23.6. The number of benzene rings is 1. The molecule has 2 saturated carbocycles. The number of carboxylic acids is 1. The summed E-state index contributed by atoms with van der Waals surface area (Å²) in [7, 11) is 3.35. The molecule has 1 saturated heterocycles. The monoisotopic (exact) mass is 676 g/mol. The Hall–Kier alpha value is -3.97. The van der Waals surface area contributed by atoms with Gasteiger partial charge in [0.15, 0.2) is 5.82 Å². The van der Waals surface area contributed by atoms with E-state index in [1.54, 1.807) is 43.5 Å². The number of ether oxygens (including phenoxy) is 1. The lowest BCUT2D eigenvalue weighted by molar-refractivity contribution is -0.146. The van der Waals surface area contributed by atoms with Gasteiger partial charge in [0.25, 0.3) is 5.91 Å². The van der Waals surface area contributed by atoms with Crippen molar-refractivity contribution in [2.75, 3.05) is 48.9 Å². The standard InChI is InChI=1S/C36H52N8O5/c1-4-28-33(46)42(2)29-22-38-35(41-31(29)44(28)26-11-7-8-12-26)40-27-14-13-23(21-30(27)49-3)32(45)39-25-15-18-43(19-16-25)20-17-36(37,34(47)48)24-9-5-6-10-24/h13-14,21-22,24-26,28H,4-12,15-20,37H2,1-3H3,(H,39,45)(H,47,48)(H,38,40,41)/t28-,36-/m1/s1. The summed E-state index contributed by atoms with van der Waals surface area (Å²) in [6.45, 7) is 4.24. The van der Waals surface area contributed by atoms with Crippen LogP contribution in [0, 0.1) is 5.92 Å². The number of nitrogens with zero attached hydrogens (tertiary/aromatic N) is 5. The van der Waals surface area contributed by atoms with Gasteiger partial charge < -0.3 is 40.9 Å². The van der Waals surface area contributed by atoms with Gasteiger partial charge in [0.1, 0.15) is 23.0 Å². The minimum atomic E-state index is -1.17. The van der Waals surface area contributed by atoms with E-state index >= 15 is 0 Å². The average molecular weight is 677 g/mol. The molecule has 0 spiro atoms. The number of hydrogen-bond acceptors (Lipinski definition) is 10. The van der Waals surface area contributed by atoms with Gasteiger partial charge in [-0.25, -0.2) is 4.98 Å². The van der Waals surface area contributed by atoms with Crippen LogP contribution in [0.2, 0.25) is 0 Å². The van der Waals surface area contributed by atoms with Crippen molar-refractivity contribution in [2.24, 2.45) is 11.7 Å². The normalized spacial score (nSPS) is 22.2. The van der Waals surface area contributed by atoms with Crippen molar-refractivity contribution in [3.05, 3.63) is 30.0 Å². The molecule has 49 heavy (non-hydrogen) atoms. The molecule has 1 aromatic carbocycles. The maximum atomic E-state index is 13.3. The third-order valence-corrected chi connectivity index (χ3v) is 11.4. The molecule has 1 aromatic heterocycles. The minimum absolute atomic E-state index is 0.0214. The first-order valence-corrected chi connectivity index (χ1v) is 18.1. The van der Waals surface area contributed by atoms with Crippen LogP contribution in [0.15, 0.2) is 24.4 Å². The fourth-order valence-electron chi connectivity index (χ4n) is 8.34. The molecule has 2 atom stereocenters. The molecule has 0 unspecified atom stereocenters.